The smallest absolute Gasteiger partial charge is 0.236 e. The number of amides is 1. The van der Waals surface area contributed by atoms with Gasteiger partial charge in [0.05, 0.1) is 18.7 Å². The first-order valence-corrected chi connectivity index (χ1v) is 10.7. The van der Waals surface area contributed by atoms with Gasteiger partial charge in [-0.15, -0.1) is 0 Å². The highest BCUT2D eigenvalue weighted by atomic mass is 35.5. The van der Waals surface area contributed by atoms with Gasteiger partial charge in [-0.1, -0.05) is 36.2 Å². The van der Waals surface area contributed by atoms with Gasteiger partial charge in [-0.05, 0) is 50.4 Å². The first-order chi connectivity index (χ1) is 13.7. The molecule has 2 aromatic rings. The van der Waals surface area contributed by atoms with Crippen molar-refractivity contribution in [2.24, 2.45) is 0 Å². The SMILES string of the molecule is O=C(CN1CCCCC1)N1CCCC(c2ncc(Cc3ccccc3Cl)o2)C1. The van der Waals surface area contributed by atoms with Crippen molar-refractivity contribution in [1.82, 2.24) is 14.8 Å². The number of benzene rings is 1. The Bertz CT molecular complexity index is 801. The summed E-state index contributed by atoms with van der Waals surface area (Å²) in [4.78, 5) is 21.6. The van der Waals surface area contributed by atoms with E-state index in [1.165, 1.54) is 19.3 Å². The van der Waals surface area contributed by atoms with Gasteiger partial charge in [0.1, 0.15) is 5.76 Å². The maximum Gasteiger partial charge on any atom is 0.236 e. The fourth-order valence-corrected chi connectivity index (χ4v) is 4.44. The normalized spacial score (nSPS) is 21.0. The minimum atomic E-state index is 0.180. The third-order valence-electron chi connectivity index (χ3n) is 5.82. The van der Waals surface area contributed by atoms with Crippen LogP contribution in [0.1, 0.15) is 55.2 Å². The van der Waals surface area contributed by atoms with Gasteiger partial charge in [0.2, 0.25) is 5.91 Å². The number of rotatable bonds is 5. The summed E-state index contributed by atoms with van der Waals surface area (Å²) < 4.78 is 6.04. The van der Waals surface area contributed by atoms with Crippen molar-refractivity contribution in [3.63, 3.8) is 0 Å². The molecule has 2 fully saturated rings. The number of likely N-dealkylation sites (tertiary alicyclic amines) is 2. The van der Waals surface area contributed by atoms with Crippen LogP contribution in [-0.4, -0.2) is 53.4 Å². The van der Waals surface area contributed by atoms with Crippen LogP contribution in [0.2, 0.25) is 5.02 Å². The molecular weight excluding hydrogens is 374 g/mol. The Balaban J connectivity index is 1.36. The molecule has 0 bridgehead atoms. The molecule has 0 saturated carbocycles. The molecule has 1 aromatic carbocycles. The maximum absolute atomic E-state index is 12.7. The summed E-state index contributed by atoms with van der Waals surface area (Å²) in [5.41, 5.74) is 1.04. The van der Waals surface area contributed by atoms with Crippen molar-refractivity contribution in [1.29, 1.82) is 0 Å². The van der Waals surface area contributed by atoms with Crippen molar-refractivity contribution in [2.45, 2.75) is 44.4 Å². The number of oxazole rings is 1. The van der Waals surface area contributed by atoms with Crippen molar-refractivity contribution in [3.8, 4) is 0 Å². The molecule has 1 amide bonds. The topological polar surface area (TPSA) is 49.6 Å². The van der Waals surface area contributed by atoms with E-state index in [4.69, 9.17) is 16.0 Å². The Morgan fingerprint density at radius 3 is 2.79 bits per heavy atom. The summed E-state index contributed by atoms with van der Waals surface area (Å²) in [5.74, 6) is 1.99. The van der Waals surface area contributed by atoms with E-state index >= 15 is 0 Å². The molecule has 0 spiro atoms. The Labute approximate surface area is 171 Å². The van der Waals surface area contributed by atoms with Gasteiger partial charge in [0.15, 0.2) is 5.89 Å². The summed E-state index contributed by atoms with van der Waals surface area (Å²) in [6.45, 7) is 4.20. The quantitative estimate of drug-likeness (QED) is 0.756. The highest BCUT2D eigenvalue weighted by molar-refractivity contribution is 6.31. The lowest BCUT2D eigenvalue weighted by Gasteiger charge is -2.34. The predicted molar refractivity (Wildman–Crippen MR) is 110 cm³/mol. The highest BCUT2D eigenvalue weighted by Crippen LogP contribution is 2.28. The molecule has 6 heteroatoms. The van der Waals surface area contributed by atoms with Crippen molar-refractivity contribution in [2.75, 3.05) is 32.7 Å². The Morgan fingerprint density at radius 2 is 1.96 bits per heavy atom. The van der Waals surface area contributed by atoms with E-state index in [1.54, 1.807) is 6.20 Å². The zero-order chi connectivity index (χ0) is 19.3. The van der Waals surface area contributed by atoms with Crippen LogP contribution in [0.5, 0.6) is 0 Å². The van der Waals surface area contributed by atoms with E-state index in [0.29, 0.717) is 19.5 Å². The fraction of sp³-hybridized carbons (Fsp3) is 0.545. The number of nitrogens with zero attached hydrogens (tertiary/aromatic N) is 3. The van der Waals surface area contributed by atoms with Crippen molar-refractivity contribution in [3.05, 3.63) is 52.7 Å². The van der Waals surface area contributed by atoms with E-state index < -0.39 is 0 Å². The van der Waals surface area contributed by atoms with Gasteiger partial charge in [0.25, 0.3) is 0 Å². The van der Waals surface area contributed by atoms with Gasteiger partial charge >= 0.3 is 0 Å². The molecule has 1 aromatic heterocycles. The van der Waals surface area contributed by atoms with Gasteiger partial charge < -0.3 is 9.32 Å². The van der Waals surface area contributed by atoms with E-state index in [0.717, 1.165) is 54.7 Å². The summed E-state index contributed by atoms with van der Waals surface area (Å²) in [6, 6.07) is 7.80. The third kappa shape index (κ3) is 4.76. The predicted octanol–water partition coefficient (Wildman–Crippen LogP) is 4.11. The lowest BCUT2D eigenvalue weighted by atomic mass is 9.98. The lowest BCUT2D eigenvalue weighted by molar-refractivity contribution is -0.134. The molecule has 1 unspecified atom stereocenters. The van der Waals surface area contributed by atoms with Crippen LogP contribution in [0.25, 0.3) is 0 Å². The number of halogens is 1. The molecule has 4 rings (SSSR count). The van der Waals surface area contributed by atoms with Crippen LogP contribution in [0.15, 0.2) is 34.9 Å². The van der Waals surface area contributed by atoms with Crippen LogP contribution in [0.3, 0.4) is 0 Å². The number of hydrogen-bond acceptors (Lipinski definition) is 4. The Hall–Kier alpha value is -1.85. The molecule has 1 atom stereocenters. The molecule has 5 nitrogen and oxygen atoms in total. The number of hydrogen-bond donors (Lipinski definition) is 0. The molecule has 28 heavy (non-hydrogen) atoms. The van der Waals surface area contributed by atoms with E-state index in [-0.39, 0.29) is 11.8 Å². The zero-order valence-electron chi connectivity index (χ0n) is 16.3. The van der Waals surface area contributed by atoms with E-state index in [2.05, 4.69) is 9.88 Å². The average Bonchev–Trinajstić information content (AvgIpc) is 3.19. The fourth-order valence-electron chi connectivity index (χ4n) is 4.24. The zero-order valence-corrected chi connectivity index (χ0v) is 17.0. The second kappa shape index (κ2) is 9.10. The summed E-state index contributed by atoms with van der Waals surface area (Å²) in [7, 11) is 0. The summed E-state index contributed by atoms with van der Waals surface area (Å²) >= 11 is 6.25. The third-order valence-corrected chi connectivity index (χ3v) is 6.19. The van der Waals surface area contributed by atoms with Crippen molar-refractivity contribution < 1.29 is 9.21 Å². The first-order valence-electron chi connectivity index (χ1n) is 10.4. The highest BCUT2D eigenvalue weighted by Gasteiger charge is 2.28. The van der Waals surface area contributed by atoms with E-state index in [1.807, 2.05) is 29.2 Å². The summed E-state index contributed by atoms with van der Waals surface area (Å²) in [5, 5.41) is 0.743. The molecule has 3 heterocycles. The van der Waals surface area contributed by atoms with Crippen LogP contribution < -0.4 is 0 Å². The van der Waals surface area contributed by atoms with E-state index in [9.17, 15) is 4.79 Å². The summed E-state index contributed by atoms with van der Waals surface area (Å²) in [6.07, 6.45) is 8.15. The molecule has 0 aliphatic carbocycles. The maximum atomic E-state index is 12.7. The lowest BCUT2D eigenvalue weighted by Crippen LogP contribution is -2.45. The molecule has 2 aliphatic rings. The average molecular weight is 402 g/mol. The van der Waals surface area contributed by atoms with Crippen LogP contribution in [0, 0.1) is 0 Å². The number of carbonyl (C=O) groups is 1. The molecule has 0 radical (unpaired) electrons. The van der Waals surface area contributed by atoms with Gasteiger partial charge in [-0.3, -0.25) is 9.69 Å². The van der Waals surface area contributed by atoms with Crippen molar-refractivity contribution >= 4 is 17.5 Å². The van der Waals surface area contributed by atoms with Gasteiger partial charge in [-0.25, -0.2) is 4.98 Å². The standard InChI is InChI=1S/C22H28ClN3O2/c23-20-9-3-2-7-17(20)13-19-14-24-22(28-19)18-8-6-12-26(15-18)21(27)16-25-10-4-1-5-11-25/h2-3,7,9,14,18H,1,4-6,8,10-13,15-16H2. The van der Waals surface area contributed by atoms with Crippen LogP contribution in [-0.2, 0) is 11.2 Å². The number of aromatic nitrogens is 1. The monoisotopic (exact) mass is 401 g/mol. The van der Waals surface area contributed by atoms with Crippen LogP contribution in [0.4, 0.5) is 0 Å². The molecular formula is C22H28ClN3O2. The van der Waals surface area contributed by atoms with Gasteiger partial charge in [-0.2, -0.15) is 0 Å². The largest absolute Gasteiger partial charge is 0.445 e. The molecule has 2 aliphatic heterocycles. The van der Waals surface area contributed by atoms with Crippen LogP contribution >= 0.6 is 11.6 Å². The van der Waals surface area contributed by atoms with Gasteiger partial charge in [0, 0.05) is 24.5 Å². The molecule has 150 valence electrons. The molecule has 0 N–H and O–H groups in total. The Kier molecular flexibility index (Phi) is 6.33. The minimum Gasteiger partial charge on any atom is -0.445 e. The number of piperidine rings is 2. The Morgan fingerprint density at radius 1 is 1.14 bits per heavy atom. The first kappa shape index (κ1) is 19.5. The number of carbonyl (C=O) groups excluding carboxylic acids is 1. The minimum absolute atomic E-state index is 0.180. The second-order valence-corrected chi connectivity index (χ2v) is 8.36. The second-order valence-electron chi connectivity index (χ2n) is 7.95. The molecule has 2 saturated heterocycles.